The van der Waals surface area contributed by atoms with Gasteiger partial charge in [-0.1, -0.05) is 12.1 Å². The van der Waals surface area contributed by atoms with Gasteiger partial charge in [0.1, 0.15) is 5.82 Å². The van der Waals surface area contributed by atoms with Crippen LogP contribution < -0.4 is 0 Å². The van der Waals surface area contributed by atoms with Crippen LogP contribution in [-0.4, -0.2) is 62.5 Å². The maximum absolute atomic E-state index is 12.7. The van der Waals surface area contributed by atoms with Crippen molar-refractivity contribution in [1.29, 1.82) is 0 Å². The molecule has 2 fully saturated rings. The maximum Gasteiger partial charge on any atom is 0.253 e. The molecule has 1 aromatic carbocycles. The number of carbonyl (C=O) groups is 1. The van der Waals surface area contributed by atoms with Crippen LogP contribution in [-0.2, 0) is 7.05 Å². The van der Waals surface area contributed by atoms with Crippen molar-refractivity contribution in [2.75, 3.05) is 26.2 Å². The predicted molar refractivity (Wildman–Crippen MR) is 117 cm³/mol. The number of carbonyl (C=O) groups excluding carboxylic acids is 1. The fraction of sp³-hybridized carbons (Fsp3) is 0.458. The Kier molecular flexibility index (Phi) is 5.25. The molecule has 30 heavy (non-hydrogen) atoms. The molecule has 1 atom stereocenters. The van der Waals surface area contributed by atoms with Gasteiger partial charge in [0.15, 0.2) is 0 Å². The number of pyridine rings is 1. The number of para-hydroxylation sites is 2. The van der Waals surface area contributed by atoms with E-state index in [9.17, 15) is 4.79 Å². The van der Waals surface area contributed by atoms with E-state index in [4.69, 9.17) is 4.98 Å². The Hall–Kier alpha value is -2.73. The topological polar surface area (TPSA) is 54.3 Å². The number of nitrogens with zero attached hydrogens (tertiary/aromatic N) is 5. The third kappa shape index (κ3) is 3.60. The van der Waals surface area contributed by atoms with Crippen LogP contribution in [0.15, 0.2) is 48.8 Å². The number of hydrogen-bond acceptors (Lipinski definition) is 4. The first-order valence-electron chi connectivity index (χ1n) is 11.1. The van der Waals surface area contributed by atoms with E-state index in [-0.39, 0.29) is 5.91 Å². The van der Waals surface area contributed by atoms with Gasteiger partial charge in [0.25, 0.3) is 5.91 Å². The van der Waals surface area contributed by atoms with Crippen LogP contribution in [0.1, 0.15) is 47.8 Å². The number of amides is 1. The summed E-state index contributed by atoms with van der Waals surface area (Å²) in [5, 5.41) is 0. The van der Waals surface area contributed by atoms with E-state index in [0.717, 1.165) is 50.1 Å². The number of piperidine rings is 2. The van der Waals surface area contributed by atoms with Gasteiger partial charge in [-0.15, -0.1) is 0 Å². The molecule has 2 saturated heterocycles. The van der Waals surface area contributed by atoms with Crippen molar-refractivity contribution < 1.29 is 4.79 Å². The summed E-state index contributed by atoms with van der Waals surface area (Å²) >= 11 is 0. The Labute approximate surface area is 177 Å². The number of rotatable bonds is 3. The lowest BCUT2D eigenvalue weighted by Crippen LogP contribution is -2.49. The van der Waals surface area contributed by atoms with Crippen molar-refractivity contribution in [2.24, 2.45) is 7.05 Å². The number of benzene rings is 1. The normalized spacial score (nSPS) is 21.2. The molecule has 3 aromatic rings. The molecule has 4 heterocycles. The maximum atomic E-state index is 12.7. The Morgan fingerprint density at radius 2 is 1.77 bits per heavy atom. The Morgan fingerprint density at radius 1 is 1.00 bits per heavy atom. The molecule has 6 nitrogen and oxygen atoms in total. The van der Waals surface area contributed by atoms with Gasteiger partial charge in [-0.25, -0.2) is 4.98 Å². The summed E-state index contributed by atoms with van der Waals surface area (Å²) in [5.41, 5.74) is 3.05. The van der Waals surface area contributed by atoms with Crippen molar-refractivity contribution in [3.63, 3.8) is 0 Å². The zero-order valence-electron chi connectivity index (χ0n) is 17.6. The summed E-state index contributed by atoms with van der Waals surface area (Å²) in [7, 11) is 2.15. The quantitative estimate of drug-likeness (QED) is 0.672. The van der Waals surface area contributed by atoms with Crippen molar-refractivity contribution in [2.45, 2.75) is 37.6 Å². The molecule has 5 rings (SSSR count). The molecule has 1 unspecified atom stereocenters. The van der Waals surface area contributed by atoms with Crippen molar-refractivity contribution in [3.05, 3.63) is 60.2 Å². The minimum absolute atomic E-state index is 0.132. The minimum Gasteiger partial charge on any atom is -0.339 e. The van der Waals surface area contributed by atoms with Gasteiger partial charge >= 0.3 is 0 Å². The lowest BCUT2D eigenvalue weighted by Gasteiger charge is -2.42. The Morgan fingerprint density at radius 3 is 2.53 bits per heavy atom. The molecule has 0 N–H and O–H groups in total. The fourth-order valence-electron chi connectivity index (χ4n) is 5.19. The van der Waals surface area contributed by atoms with Gasteiger partial charge < -0.3 is 9.47 Å². The number of aromatic nitrogens is 3. The summed E-state index contributed by atoms with van der Waals surface area (Å²) in [6.45, 7) is 3.89. The zero-order valence-corrected chi connectivity index (χ0v) is 17.6. The van der Waals surface area contributed by atoms with Gasteiger partial charge in [0.05, 0.1) is 11.0 Å². The standard InChI is InChI=1S/C24H29N5O/c1-27-22-7-3-2-6-21(22)26-23(27)19-5-4-14-29(17-19)20-10-15-28(16-11-20)24(30)18-8-12-25-13-9-18/h2-3,6-9,12-13,19-20H,4-5,10-11,14-17H2,1H3. The van der Waals surface area contributed by atoms with E-state index in [1.165, 1.54) is 24.2 Å². The van der Waals surface area contributed by atoms with Gasteiger partial charge in [-0.2, -0.15) is 0 Å². The lowest BCUT2D eigenvalue weighted by molar-refractivity contribution is 0.0567. The molecule has 0 aliphatic carbocycles. The number of aryl methyl sites for hydroxylation is 1. The average molecular weight is 404 g/mol. The molecule has 2 aromatic heterocycles. The summed E-state index contributed by atoms with van der Waals surface area (Å²) in [6, 6.07) is 12.6. The first-order valence-corrected chi connectivity index (χ1v) is 11.1. The van der Waals surface area contributed by atoms with Gasteiger partial charge in [-0.3, -0.25) is 14.7 Å². The average Bonchev–Trinajstić information content (AvgIpc) is 3.16. The molecule has 6 heteroatoms. The van der Waals surface area contributed by atoms with Crippen molar-refractivity contribution in [3.8, 4) is 0 Å². The van der Waals surface area contributed by atoms with Crippen molar-refractivity contribution in [1.82, 2.24) is 24.3 Å². The minimum atomic E-state index is 0.132. The molecule has 0 radical (unpaired) electrons. The SMILES string of the molecule is Cn1c(C2CCCN(C3CCN(C(=O)c4ccncc4)CC3)C2)nc2ccccc21. The van der Waals surface area contributed by atoms with Gasteiger partial charge in [-0.05, 0) is 56.5 Å². The number of likely N-dealkylation sites (tertiary alicyclic amines) is 2. The molecule has 0 bridgehead atoms. The highest BCUT2D eigenvalue weighted by Crippen LogP contribution is 2.31. The summed E-state index contributed by atoms with van der Waals surface area (Å²) < 4.78 is 2.28. The fourth-order valence-corrected chi connectivity index (χ4v) is 5.19. The van der Waals surface area contributed by atoms with Crippen LogP contribution in [0.2, 0.25) is 0 Å². The zero-order chi connectivity index (χ0) is 20.5. The van der Waals surface area contributed by atoms with E-state index < -0.39 is 0 Å². The first kappa shape index (κ1) is 19.2. The molecular formula is C24H29N5O. The Balaban J connectivity index is 1.24. The van der Waals surface area contributed by atoms with Gasteiger partial charge in [0.2, 0.25) is 0 Å². The van der Waals surface area contributed by atoms with Crippen LogP contribution in [0.4, 0.5) is 0 Å². The Bertz CT molecular complexity index is 1020. The molecule has 2 aliphatic rings. The van der Waals surface area contributed by atoms with E-state index in [1.54, 1.807) is 24.5 Å². The summed E-state index contributed by atoms with van der Waals surface area (Å²) in [6.07, 6.45) is 7.89. The smallest absolute Gasteiger partial charge is 0.253 e. The van der Waals surface area contributed by atoms with Crippen LogP contribution in [0.3, 0.4) is 0 Å². The van der Waals surface area contributed by atoms with E-state index in [0.29, 0.717) is 12.0 Å². The highest BCUT2D eigenvalue weighted by Gasteiger charge is 2.32. The number of hydrogen-bond donors (Lipinski definition) is 0. The number of fused-ring (bicyclic) bond motifs is 1. The van der Waals surface area contributed by atoms with E-state index in [2.05, 4.69) is 45.8 Å². The molecule has 2 aliphatic heterocycles. The lowest BCUT2D eigenvalue weighted by atomic mass is 9.93. The third-order valence-electron chi connectivity index (χ3n) is 6.84. The predicted octanol–water partition coefficient (Wildman–Crippen LogP) is 3.45. The van der Waals surface area contributed by atoms with Gasteiger partial charge in [0, 0.05) is 56.6 Å². The van der Waals surface area contributed by atoms with Crippen LogP contribution in [0, 0.1) is 0 Å². The second-order valence-electron chi connectivity index (χ2n) is 8.61. The van der Waals surface area contributed by atoms with Crippen LogP contribution >= 0.6 is 0 Å². The van der Waals surface area contributed by atoms with E-state index >= 15 is 0 Å². The number of imidazole rings is 1. The summed E-state index contributed by atoms with van der Waals surface area (Å²) in [5.74, 6) is 1.82. The van der Waals surface area contributed by atoms with E-state index in [1.807, 2.05) is 4.90 Å². The third-order valence-corrected chi connectivity index (χ3v) is 6.84. The van der Waals surface area contributed by atoms with Crippen LogP contribution in [0.5, 0.6) is 0 Å². The second kappa shape index (κ2) is 8.19. The van der Waals surface area contributed by atoms with Crippen molar-refractivity contribution >= 4 is 16.9 Å². The molecule has 1 amide bonds. The largest absolute Gasteiger partial charge is 0.339 e. The highest BCUT2D eigenvalue weighted by molar-refractivity contribution is 5.94. The highest BCUT2D eigenvalue weighted by atomic mass is 16.2. The first-order chi connectivity index (χ1) is 14.7. The molecule has 156 valence electrons. The monoisotopic (exact) mass is 403 g/mol. The summed E-state index contributed by atoms with van der Waals surface area (Å²) in [4.78, 5) is 26.3. The second-order valence-corrected chi connectivity index (χ2v) is 8.61. The molecule has 0 saturated carbocycles. The molecule has 0 spiro atoms. The van der Waals surface area contributed by atoms with Crippen LogP contribution in [0.25, 0.3) is 11.0 Å². The molecular weight excluding hydrogens is 374 g/mol.